The van der Waals surface area contributed by atoms with E-state index in [0.29, 0.717) is 0 Å². The largest absolute Gasteiger partial charge is 0.309 e. The molecule has 2 nitrogen and oxygen atoms in total. The van der Waals surface area contributed by atoms with E-state index in [2.05, 4.69) is 56.3 Å². The summed E-state index contributed by atoms with van der Waals surface area (Å²) in [5.41, 5.74) is 14.5. The van der Waals surface area contributed by atoms with Gasteiger partial charge in [-0.05, 0) is 30.4 Å². The van der Waals surface area contributed by atoms with Crippen molar-refractivity contribution in [3.8, 4) is 0 Å². The van der Waals surface area contributed by atoms with Crippen LogP contribution in [0.2, 0.25) is 0 Å². The normalized spacial score (nSPS) is 20.1. The molecule has 0 saturated heterocycles. The van der Waals surface area contributed by atoms with Gasteiger partial charge in [0.15, 0.2) is 0 Å². The number of allylic oxidation sites excluding steroid dienone is 2. The summed E-state index contributed by atoms with van der Waals surface area (Å²) >= 11 is 0. The Hall–Kier alpha value is -1.38. The Morgan fingerprint density at radius 3 is 2.21 bits per heavy atom. The third-order valence-corrected chi connectivity index (χ3v) is 4.57. The van der Waals surface area contributed by atoms with Crippen LogP contribution in [0.1, 0.15) is 32.3 Å². The Balaban J connectivity index is 2.31. The van der Waals surface area contributed by atoms with Gasteiger partial charge in [-0.3, -0.25) is 0 Å². The van der Waals surface area contributed by atoms with Gasteiger partial charge in [0.05, 0.1) is 5.66 Å². The summed E-state index contributed by atoms with van der Waals surface area (Å²) in [5.74, 6) is 0. The van der Waals surface area contributed by atoms with E-state index in [4.69, 9.17) is 11.5 Å². The minimum absolute atomic E-state index is 0.133. The number of hydrogen-bond acceptors (Lipinski definition) is 2. The first-order valence-electron chi connectivity index (χ1n) is 7.06. The molecule has 0 unspecified atom stereocenters. The van der Waals surface area contributed by atoms with E-state index in [1.807, 2.05) is 6.07 Å². The van der Waals surface area contributed by atoms with Gasteiger partial charge >= 0.3 is 0 Å². The van der Waals surface area contributed by atoms with Crippen molar-refractivity contribution in [1.82, 2.24) is 0 Å². The first kappa shape index (κ1) is 14.0. The van der Waals surface area contributed by atoms with Gasteiger partial charge in [0.25, 0.3) is 0 Å². The Kier molecular flexibility index (Phi) is 3.93. The average molecular weight is 256 g/mol. The van der Waals surface area contributed by atoms with Crippen LogP contribution in [0.5, 0.6) is 0 Å². The smallest absolute Gasteiger partial charge is 0.0957 e. The van der Waals surface area contributed by atoms with Gasteiger partial charge in [0.1, 0.15) is 0 Å². The minimum Gasteiger partial charge on any atom is -0.309 e. The maximum Gasteiger partial charge on any atom is 0.0957 e. The number of nitrogens with two attached hydrogens (primary N) is 2. The molecular formula is C17H24N2. The van der Waals surface area contributed by atoms with Crippen LogP contribution in [0.25, 0.3) is 0 Å². The highest BCUT2D eigenvalue weighted by Gasteiger charge is 2.45. The van der Waals surface area contributed by atoms with E-state index in [1.165, 1.54) is 5.56 Å². The molecule has 0 aromatic heterocycles. The maximum atomic E-state index is 6.53. The third-order valence-electron chi connectivity index (χ3n) is 4.57. The van der Waals surface area contributed by atoms with Crippen LogP contribution >= 0.6 is 0 Å². The zero-order chi connectivity index (χ0) is 13.9. The lowest BCUT2D eigenvalue weighted by Gasteiger charge is -2.47. The van der Waals surface area contributed by atoms with Gasteiger partial charge < -0.3 is 11.5 Å². The molecule has 2 heteroatoms. The van der Waals surface area contributed by atoms with Crippen LogP contribution in [0, 0.1) is 5.41 Å². The molecule has 1 aromatic carbocycles. The molecule has 0 spiro atoms. The predicted octanol–water partition coefficient (Wildman–Crippen LogP) is 3.15. The zero-order valence-electron chi connectivity index (χ0n) is 11.9. The van der Waals surface area contributed by atoms with Crippen molar-refractivity contribution in [2.75, 3.05) is 0 Å². The fourth-order valence-corrected chi connectivity index (χ4v) is 3.04. The molecular weight excluding hydrogens is 232 g/mol. The van der Waals surface area contributed by atoms with E-state index in [0.717, 1.165) is 24.8 Å². The van der Waals surface area contributed by atoms with Gasteiger partial charge in [-0.1, -0.05) is 62.4 Å². The second kappa shape index (κ2) is 5.32. The van der Waals surface area contributed by atoms with Crippen LogP contribution in [-0.4, -0.2) is 5.66 Å². The standard InChI is InChI=1S/C17H24N2/c1-3-16(4-2)12-8-11-15(17(16,18)19)13-14-9-6-5-7-10-14/h5-12H,3-4,13,18-19H2,1-2H3. The molecule has 0 saturated carbocycles. The molecule has 0 radical (unpaired) electrons. The quantitative estimate of drug-likeness (QED) is 0.813. The molecule has 0 bridgehead atoms. The van der Waals surface area contributed by atoms with Crippen molar-refractivity contribution in [3.63, 3.8) is 0 Å². The van der Waals surface area contributed by atoms with Gasteiger partial charge in [-0.2, -0.15) is 0 Å². The van der Waals surface area contributed by atoms with Gasteiger partial charge in [-0.15, -0.1) is 0 Å². The van der Waals surface area contributed by atoms with Crippen molar-refractivity contribution in [2.45, 2.75) is 38.8 Å². The summed E-state index contributed by atoms with van der Waals surface area (Å²) in [5, 5.41) is 0. The lowest BCUT2D eigenvalue weighted by molar-refractivity contribution is 0.197. The summed E-state index contributed by atoms with van der Waals surface area (Å²) < 4.78 is 0. The van der Waals surface area contributed by atoms with E-state index in [1.54, 1.807) is 0 Å². The number of benzene rings is 1. The molecule has 1 aliphatic carbocycles. The SMILES string of the molecule is CCC1(CC)C=CC=C(Cc2ccccc2)C1(N)N. The van der Waals surface area contributed by atoms with Crippen LogP contribution in [0.3, 0.4) is 0 Å². The fraction of sp³-hybridized carbons (Fsp3) is 0.412. The first-order valence-corrected chi connectivity index (χ1v) is 7.06. The zero-order valence-corrected chi connectivity index (χ0v) is 11.9. The molecule has 1 aliphatic rings. The molecule has 4 N–H and O–H groups in total. The Bertz CT molecular complexity index is 479. The highest BCUT2D eigenvalue weighted by Crippen LogP contribution is 2.42. The Morgan fingerprint density at radius 2 is 1.63 bits per heavy atom. The molecule has 0 atom stereocenters. The molecule has 2 rings (SSSR count). The summed E-state index contributed by atoms with van der Waals surface area (Å²) in [6, 6.07) is 10.4. The lowest BCUT2D eigenvalue weighted by atomic mass is 9.65. The highest BCUT2D eigenvalue weighted by atomic mass is 15.0. The third kappa shape index (κ3) is 2.38. The molecule has 0 aliphatic heterocycles. The summed E-state index contributed by atoms with van der Waals surface area (Å²) in [6.45, 7) is 4.32. The lowest BCUT2D eigenvalue weighted by Crippen LogP contribution is -2.63. The van der Waals surface area contributed by atoms with Crippen molar-refractivity contribution >= 4 is 0 Å². The van der Waals surface area contributed by atoms with Crippen LogP contribution < -0.4 is 11.5 Å². The topological polar surface area (TPSA) is 52.0 Å². The molecule has 102 valence electrons. The molecule has 0 amide bonds. The van der Waals surface area contributed by atoms with Gasteiger partial charge in [0, 0.05) is 5.41 Å². The van der Waals surface area contributed by atoms with E-state index < -0.39 is 5.66 Å². The minimum atomic E-state index is -0.763. The van der Waals surface area contributed by atoms with Gasteiger partial charge in [-0.25, -0.2) is 0 Å². The highest BCUT2D eigenvalue weighted by molar-refractivity contribution is 5.38. The van der Waals surface area contributed by atoms with Crippen LogP contribution in [-0.2, 0) is 6.42 Å². The fourth-order valence-electron chi connectivity index (χ4n) is 3.04. The second-order valence-electron chi connectivity index (χ2n) is 5.45. The van der Waals surface area contributed by atoms with E-state index >= 15 is 0 Å². The summed E-state index contributed by atoms with van der Waals surface area (Å²) in [7, 11) is 0. The monoisotopic (exact) mass is 256 g/mol. The predicted molar refractivity (Wildman–Crippen MR) is 81.5 cm³/mol. The summed E-state index contributed by atoms with van der Waals surface area (Å²) in [6.07, 6.45) is 9.11. The van der Waals surface area contributed by atoms with Crippen molar-refractivity contribution in [1.29, 1.82) is 0 Å². The Morgan fingerprint density at radius 1 is 1.00 bits per heavy atom. The maximum absolute atomic E-state index is 6.53. The molecule has 19 heavy (non-hydrogen) atoms. The average Bonchev–Trinajstić information content (AvgIpc) is 2.42. The van der Waals surface area contributed by atoms with E-state index in [9.17, 15) is 0 Å². The van der Waals surface area contributed by atoms with Crippen molar-refractivity contribution in [2.24, 2.45) is 16.9 Å². The van der Waals surface area contributed by atoms with Gasteiger partial charge in [0.2, 0.25) is 0 Å². The molecule has 1 aromatic rings. The Labute approximate surface area is 116 Å². The van der Waals surface area contributed by atoms with Crippen molar-refractivity contribution < 1.29 is 0 Å². The number of rotatable bonds is 4. The van der Waals surface area contributed by atoms with Crippen molar-refractivity contribution in [3.05, 3.63) is 59.7 Å². The van der Waals surface area contributed by atoms with E-state index in [-0.39, 0.29) is 5.41 Å². The van der Waals surface area contributed by atoms with Crippen LogP contribution in [0.15, 0.2) is 54.1 Å². The molecule has 0 fully saturated rings. The number of hydrogen-bond donors (Lipinski definition) is 2. The first-order chi connectivity index (χ1) is 9.05. The van der Waals surface area contributed by atoms with Crippen LogP contribution in [0.4, 0.5) is 0 Å². The summed E-state index contributed by atoms with van der Waals surface area (Å²) in [4.78, 5) is 0. The second-order valence-corrected chi connectivity index (χ2v) is 5.45. The molecule has 0 heterocycles.